The van der Waals surface area contributed by atoms with Gasteiger partial charge in [0.15, 0.2) is 5.82 Å². The number of aromatic nitrogens is 3. The van der Waals surface area contributed by atoms with E-state index in [1.165, 1.54) is 4.68 Å². The molecule has 0 bridgehead atoms. The largest absolute Gasteiger partial charge is 0.335 e. The first kappa shape index (κ1) is 21.1. The van der Waals surface area contributed by atoms with Gasteiger partial charge in [0.2, 0.25) is 11.1 Å². The average molecular weight is 477 g/mol. The fourth-order valence-electron chi connectivity index (χ4n) is 2.31. The summed E-state index contributed by atoms with van der Waals surface area (Å²) in [5.41, 5.74) is 1.76. The van der Waals surface area contributed by atoms with E-state index in [-0.39, 0.29) is 11.7 Å². The molecule has 1 amide bonds. The normalized spacial score (nSPS) is 10.9. The topological polar surface area (TPSA) is 85.8 Å². The molecule has 3 rings (SSSR count). The minimum absolute atomic E-state index is 0.0320. The molecule has 0 atom stereocenters. The molecule has 2 aromatic carbocycles. The summed E-state index contributed by atoms with van der Waals surface area (Å²) in [5, 5.41) is 12.7. The van der Waals surface area contributed by atoms with Gasteiger partial charge in [0, 0.05) is 10.6 Å². The summed E-state index contributed by atoms with van der Waals surface area (Å²) < 4.78 is 1.26. The molecule has 6 nitrogen and oxygen atoms in total. The van der Waals surface area contributed by atoms with Crippen molar-refractivity contribution < 1.29 is 4.79 Å². The third-order valence-electron chi connectivity index (χ3n) is 3.72. The third-order valence-corrected chi connectivity index (χ3v) is 6.01. The van der Waals surface area contributed by atoms with Gasteiger partial charge in [-0.15, -0.1) is 10.2 Å². The molecule has 0 aliphatic heterocycles. The van der Waals surface area contributed by atoms with Crippen molar-refractivity contribution in [3.63, 3.8) is 0 Å². The Hall–Kier alpha value is -1.64. The van der Waals surface area contributed by atoms with Crippen LogP contribution in [0.5, 0.6) is 0 Å². The highest BCUT2D eigenvalue weighted by atomic mass is 35.5. The van der Waals surface area contributed by atoms with E-state index in [0.717, 1.165) is 17.3 Å². The van der Waals surface area contributed by atoms with Gasteiger partial charge in [-0.2, -0.15) is 0 Å². The standard InChI is InChI=1S/C17H13Cl4N5OS/c1-8-2-5-11(19)15(14(8)21)23-13(27)7-28-17-25-24-16(26(17)22)10-4-3-9(18)6-12(10)20/h2-6H,7,22H2,1H3,(H,23,27). The number of amides is 1. The minimum atomic E-state index is -0.312. The van der Waals surface area contributed by atoms with Crippen LogP contribution >= 0.6 is 58.2 Å². The Morgan fingerprint density at radius 3 is 2.61 bits per heavy atom. The Morgan fingerprint density at radius 1 is 1.14 bits per heavy atom. The summed E-state index contributed by atoms with van der Waals surface area (Å²) in [6, 6.07) is 8.40. The Morgan fingerprint density at radius 2 is 1.89 bits per heavy atom. The van der Waals surface area contributed by atoms with Gasteiger partial charge in [0.05, 0.1) is 26.5 Å². The maximum absolute atomic E-state index is 12.3. The van der Waals surface area contributed by atoms with Crippen LogP contribution in [0, 0.1) is 6.92 Å². The van der Waals surface area contributed by atoms with Crippen molar-refractivity contribution in [2.75, 3.05) is 16.9 Å². The molecule has 1 heterocycles. The van der Waals surface area contributed by atoms with Crippen LogP contribution in [0.15, 0.2) is 35.5 Å². The van der Waals surface area contributed by atoms with E-state index in [0.29, 0.717) is 42.3 Å². The summed E-state index contributed by atoms with van der Waals surface area (Å²) in [5.74, 6) is 6.13. The maximum atomic E-state index is 12.3. The second-order valence-electron chi connectivity index (χ2n) is 5.69. The van der Waals surface area contributed by atoms with Crippen LogP contribution in [0.1, 0.15) is 5.56 Å². The SMILES string of the molecule is Cc1ccc(Cl)c(NC(=O)CSc2nnc(-c3ccc(Cl)cc3Cl)n2N)c1Cl. The van der Waals surface area contributed by atoms with Gasteiger partial charge in [0.1, 0.15) is 0 Å². The van der Waals surface area contributed by atoms with Crippen molar-refractivity contribution in [3.8, 4) is 11.4 Å². The second-order valence-corrected chi connectivity index (χ2v) is 8.26. The molecule has 11 heteroatoms. The molecular formula is C17H13Cl4N5OS. The summed E-state index contributed by atoms with van der Waals surface area (Å²) in [6.45, 7) is 1.82. The van der Waals surface area contributed by atoms with E-state index >= 15 is 0 Å². The van der Waals surface area contributed by atoms with E-state index in [2.05, 4.69) is 15.5 Å². The van der Waals surface area contributed by atoms with Gasteiger partial charge in [-0.1, -0.05) is 64.2 Å². The number of benzene rings is 2. The molecule has 0 saturated carbocycles. The summed E-state index contributed by atoms with van der Waals surface area (Å²) >= 11 is 25.5. The molecule has 0 fully saturated rings. The second kappa shape index (κ2) is 8.80. The van der Waals surface area contributed by atoms with Crippen molar-refractivity contribution >= 4 is 69.8 Å². The Labute approximate surface area is 185 Å². The van der Waals surface area contributed by atoms with Crippen LogP contribution in [0.25, 0.3) is 11.4 Å². The first-order valence-electron chi connectivity index (χ1n) is 7.81. The van der Waals surface area contributed by atoms with Crippen LogP contribution < -0.4 is 11.2 Å². The average Bonchev–Trinajstić information content (AvgIpc) is 3.01. The van der Waals surface area contributed by atoms with E-state index in [1.807, 2.05) is 6.92 Å². The highest BCUT2D eigenvalue weighted by Gasteiger charge is 2.17. The number of nitrogens with zero attached hydrogens (tertiary/aromatic N) is 3. The number of nitrogens with one attached hydrogen (secondary N) is 1. The Balaban J connectivity index is 1.71. The number of rotatable bonds is 5. The molecular weight excluding hydrogens is 464 g/mol. The number of hydrogen-bond donors (Lipinski definition) is 2. The van der Waals surface area contributed by atoms with Crippen LogP contribution in [0.4, 0.5) is 5.69 Å². The van der Waals surface area contributed by atoms with Crippen LogP contribution in [0.3, 0.4) is 0 Å². The number of thioether (sulfide) groups is 1. The minimum Gasteiger partial charge on any atom is -0.335 e. The number of nitrogen functional groups attached to an aromatic ring is 1. The lowest BCUT2D eigenvalue weighted by Gasteiger charge is -2.11. The first-order valence-corrected chi connectivity index (χ1v) is 10.3. The van der Waals surface area contributed by atoms with Crippen LogP contribution in [-0.2, 0) is 4.79 Å². The van der Waals surface area contributed by atoms with Crippen LogP contribution in [-0.4, -0.2) is 26.5 Å². The number of halogens is 4. The molecule has 146 valence electrons. The highest BCUT2D eigenvalue weighted by Crippen LogP contribution is 2.33. The fraction of sp³-hybridized carbons (Fsp3) is 0.118. The molecule has 28 heavy (non-hydrogen) atoms. The predicted octanol–water partition coefficient (Wildman–Crippen LogP) is 5.31. The van der Waals surface area contributed by atoms with Crippen molar-refractivity contribution in [1.29, 1.82) is 0 Å². The lowest BCUT2D eigenvalue weighted by atomic mass is 10.2. The van der Waals surface area contributed by atoms with Crippen LogP contribution in [0.2, 0.25) is 20.1 Å². The van der Waals surface area contributed by atoms with Gasteiger partial charge in [-0.3, -0.25) is 4.79 Å². The van der Waals surface area contributed by atoms with E-state index in [4.69, 9.17) is 52.2 Å². The lowest BCUT2D eigenvalue weighted by Crippen LogP contribution is -2.17. The molecule has 0 aliphatic rings. The zero-order valence-electron chi connectivity index (χ0n) is 14.3. The summed E-state index contributed by atoms with van der Waals surface area (Å²) in [7, 11) is 0. The Kier molecular flexibility index (Phi) is 6.62. The number of carbonyl (C=O) groups is 1. The predicted molar refractivity (Wildman–Crippen MR) is 116 cm³/mol. The zero-order valence-corrected chi connectivity index (χ0v) is 18.2. The fourth-order valence-corrected chi connectivity index (χ4v) is 3.92. The van der Waals surface area contributed by atoms with Crippen molar-refractivity contribution in [3.05, 3.63) is 56.0 Å². The monoisotopic (exact) mass is 475 g/mol. The van der Waals surface area contributed by atoms with E-state index in [9.17, 15) is 4.79 Å². The first-order chi connectivity index (χ1) is 13.3. The molecule has 3 N–H and O–H groups in total. The lowest BCUT2D eigenvalue weighted by molar-refractivity contribution is -0.113. The van der Waals surface area contributed by atoms with Gasteiger partial charge in [0.25, 0.3) is 0 Å². The van der Waals surface area contributed by atoms with Crippen molar-refractivity contribution in [1.82, 2.24) is 14.9 Å². The number of anilines is 1. The van der Waals surface area contributed by atoms with Crippen molar-refractivity contribution in [2.24, 2.45) is 0 Å². The Bertz CT molecular complexity index is 1060. The number of aryl methyl sites for hydroxylation is 1. The van der Waals surface area contributed by atoms with Gasteiger partial charge >= 0.3 is 0 Å². The third kappa shape index (κ3) is 4.50. The molecule has 3 aromatic rings. The molecule has 0 saturated heterocycles. The van der Waals surface area contributed by atoms with Gasteiger partial charge in [-0.05, 0) is 36.8 Å². The summed E-state index contributed by atoms with van der Waals surface area (Å²) in [6.07, 6.45) is 0. The van der Waals surface area contributed by atoms with E-state index < -0.39 is 0 Å². The molecule has 1 aromatic heterocycles. The van der Waals surface area contributed by atoms with Gasteiger partial charge in [-0.25, -0.2) is 4.68 Å². The number of nitrogens with two attached hydrogens (primary N) is 1. The number of carbonyl (C=O) groups excluding carboxylic acids is 1. The zero-order chi connectivity index (χ0) is 20.4. The quantitative estimate of drug-likeness (QED) is 0.384. The smallest absolute Gasteiger partial charge is 0.234 e. The molecule has 0 aliphatic carbocycles. The van der Waals surface area contributed by atoms with Gasteiger partial charge < -0.3 is 11.2 Å². The number of hydrogen-bond acceptors (Lipinski definition) is 5. The maximum Gasteiger partial charge on any atom is 0.234 e. The summed E-state index contributed by atoms with van der Waals surface area (Å²) in [4.78, 5) is 12.3. The molecule has 0 radical (unpaired) electrons. The highest BCUT2D eigenvalue weighted by molar-refractivity contribution is 7.99. The molecule has 0 spiro atoms. The molecule has 0 unspecified atom stereocenters. The van der Waals surface area contributed by atoms with Crippen molar-refractivity contribution in [2.45, 2.75) is 12.1 Å². The van der Waals surface area contributed by atoms with E-state index in [1.54, 1.807) is 30.3 Å².